The molecule has 8 nitrogen and oxygen atoms in total. The van der Waals surface area contributed by atoms with E-state index in [-0.39, 0.29) is 41.7 Å². The average molecular weight is 482 g/mol. The highest BCUT2D eigenvalue weighted by Gasteiger charge is 2.40. The van der Waals surface area contributed by atoms with Crippen LogP contribution in [-0.4, -0.2) is 62.3 Å². The molecule has 0 N–H and O–H groups in total. The highest BCUT2D eigenvalue weighted by molar-refractivity contribution is 7.81. The van der Waals surface area contributed by atoms with E-state index >= 15 is 0 Å². The molecule has 0 amide bonds. The van der Waals surface area contributed by atoms with Crippen molar-refractivity contribution < 1.29 is 18.7 Å². The van der Waals surface area contributed by atoms with Gasteiger partial charge in [-0.3, -0.25) is 14.5 Å². The predicted octanol–water partition coefficient (Wildman–Crippen LogP) is 2.51. The highest BCUT2D eigenvalue weighted by atomic mass is 35.5. The average Bonchev–Trinajstić information content (AvgIpc) is 3.53. The largest absolute Gasteiger partial charge is 0.468 e. The van der Waals surface area contributed by atoms with Crippen LogP contribution in [0.1, 0.15) is 36.7 Å². The van der Waals surface area contributed by atoms with Crippen molar-refractivity contribution in [3.63, 3.8) is 0 Å². The topological polar surface area (TPSA) is 90.2 Å². The maximum Gasteiger partial charge on any atom is 0.327 e. The van der Waals surface area contributed by atoms with Gasteiger partial charge in [0.2, 0.25) is 0 Å². The molecule has 1 saturated carbocycles. The minimum Gasteiger partial charge on any atom is -0.468 e. The number of carbonyl (C=O) groups excluding carboxylic acids is 2. The fourth-order valence-electron chi connectivity index (χ4n) is 3.85. The number of carbonyl (C=O) groups is 2. The smallest absolute Gasteiger partial charge is 0.327 e. The number of piperidine rings is 1. The Kier molecular flexibility index (Phi) is 8.02. The van der Waals surface area contributed by atoms with Gasteiger partial charge in [0.05, 0.1) is 13.2 Å². The minimum atomic E-state index is -0.635. The Balaban J connectivity index is 0.00000289. The van der Waals surface area contributed by atoms with Crippen LogP contribution < -0.4 is 0 Å². The first kappa shape index (κ1) is 24.3. The van der Waals surface area contributed by atoms with Crippen LogP contribution in [0.25, 0.3) is 6.08 Å². The minimum absolute atomic E-state index is 0. The third kappa shape index (κ3) is 5.36. The van der Waals surface area contributed by atoms with Gasteiger partial charge in [0, 0.05) is 29.8 Å². The third-order valence-corrected chi connectivity index (χ3v) is 6.29. The number of ketones is 1. The maximum absolute atomic E-state index is 14.6. The summed E-state index contributed by atoms with van der Waals surface area (Å²) in [6.07, 6.45) is 4.19. The van der Waals surface area contributed by atoms with Crippen molar-refractivity contribution in [3.8, 4) is 0 Å². The summed E-state index contributed by atoms with van der Waals surface area (Å²) < 4.78 is 20.7. The fraction of sp³-hybridized carbons (Fsp3) is 0.476. The monoisotopic (exact) mass is 481 g/mol. The summed E-state index contributed by atoms with van der Waals surface area (Å²) in [5.74, 6) is -0.371. The number of tetrazole rings is 1. The number of benzene rings is 1. The van der Waals surface area contributed by atoms with Crippen LogP contribution >= 0.6 is 25.0 Å². The maximum atomic E-state index is 14.6. The zero-order valence-corrected chi connectivity index (χ0v) is 19.3. The SMILES string of the molecule is COC(=O)Cn1nnnc1C=C1CN(C(C(=O)C2CC2)c2ccccc2F)CCC1S.Cl. The Bertz CT molecular complexity index is 1010. The van der Waals surface area contributed by atoms with E-state index in [1.54, 1.807) is 24.3 Å². The Labute approximate surface area is 197 Å². The molecule has 2 unspecified atom stereocenters. The van der Waals surface area contributed by atoms with E-state index in [2.05, 4.69) is 32.9 Å². The standard InChI is InChI=1S/C21H24FN5O3S.ClH/c1-30-19(28)12-27-18(23-24-25-27)10-14-11-26(9-8-17(14)31)20(21(29)13-6-7-13)15-4-2-3-5-16(15)22;/h2-5,10,13,17,20,31H,6-9,11-12H2,1H3;1H. The van der Waals surface area contributed by atoms with E-state index in [0.717, 1.165) is 18.4 Å². The molecule has 0 spiro atoms. The second kappa shape index (κ2) is 10.5. The number of methoxy groups -OCH3 is 1. The van der Waals surface area contributed by atoms with Gasteiger partial charge >= 0.3 is 5.97 Å². The summed E-state index contributed by atoms with van der Waals surface area (Å²) in [4.78, 5) is 26.7. The van der Waals surface area contributed by atoms with Crippen molar-refractivity contribution in [1.29, 1.82) is 0 Å². The molecular weight excluding hydrogens is 457 g/mol. The van der Waals surface area contributed by atoms with Gasteiger partial charge in [-0.05, 0) is 47.4 Å². The molecule has 1 aliphatic carbocycles. The van der Waals surface area contributed by atoms with Crippen molar-refractivity contribution in [3.05, 3.63) is 47.0 Å². The van der Waals surface area contributed by atoms with Gasteiger partial charge in [0.1, 0.15) is 12.4 Å². The van der Waals surface area contributed by atoms with Crippen LogP contribution in [0.5, 0.6) is 0 Å². The molecule has 2 atom stereocenters. The summed E-state index contributed by atoms with van der Waals surface area (Å²) >= 11 is 4.69. The molecule has 172 valence electrons. The molecule has 2 aromatic rings. The number of rotatable bonds is 7. The van der Waals surface area contributed by atoms with Crippen LogP contribution in [0.2, 0.25) is 0 Å². The normalized spacial score (nSPS) is 21.1. The lowest BCUT2D eigenvalue weighted by Gasteiger charge is -2.37. The van der Waals surface area contributed by atoms with Crippen molar-refractivity contribution in [2.24, 2.45) is 5.92 Å². The molecule has 32 heavy (non-hydrogen) atoms. The molecule has 0 bridgehead atoms. The van der Waals surface area contributed by atoms with E-state index in [1.165, 1.54) is 17.9 Å². The Morgan fingerprint density at radius 2 is 2.06 bits per heavy atom. The molecule has 1 aliphatic heterocycles. The zero-order chi connectivity index (χ0) is 22.0. The number of esters is 1. The van der Waals surface area contributed by atoms with Crippen LogP contribution in [0.4, 0.5) is 4.39 Å². The van der Waals surface area contributed by atoms with E-state index in [9.17, 15) is 14.0 Å². The Morgan fingerprint density at radius 3 is 2.75 bits per heavy atom. The lowest BCUT2D eigenvalue weighted by Crippen LogP contribution is -2.42. The lowest BCUT2D eigenvalue weighted by atomic mass is 9.93. The van der Waals surface area contributed by atoms with E-state index in [4.69, 9.17) is 0 Å². The third-order valence-electron chi connectivity index (χ3n) is 5.70. The first-order valence-corrected chi connectivity index (χ1v) is 10.7. The number of hydrogen-bond acceptors (Lipinski definition) is 8. The molecule has 4 rings (SSSR count). The molecule has 2 fully saturated rings. The van der Waals surface area contributed by atoms with Crippen LogP contribution in [0, 0.1) is 11.7 Å². The van der Waals surface area contributed by atoms with Crippen molar-refractivity contribution in [2.75, 3.05) is 20.2 Å². The second-order valence-electron chi connectivity index (χ2n) is 7.87. The highest BCUT2D eigenvalue weighted by Crippen LogP contribution is 2.39. The number of Topliss-reactive ketones (excluding diaryl/α,β-unsaturated/α-hetero) is 1. The summed E-state index contributed by atoms with van der Waals surface area (Å²) in [5, 5.41) is 11.4. The molecule has 1 aromatic heterocycles. The number of aromatic nitrogens is 4. The van der Waals surface area contributed by atoms with Crippen molar-refractivity contribution in [2.45, 2.75) is 37.1 Å². The van der Waals surface area contributed by atoms with E-state index in [0.29, 0.717) is 30.9 Å². The quantitative estimate of drug-likeness (QED) is 0.480. The molecule has 2 aliphatic rings. The van der Waals surface area contributed by atoms with Gasteiger partial charge in [0.25, 0.3) is 0 Å². The Hall–Kier alpha value is -2.30. The summed E-state index contributed by atoms with van der Waals surface area (Å²) in [7, 11) is 1.30. The number of hydrogen-bond donors (Lipinski definition) is 1. The first-order valence-electron chi connectivity index (χ1n) is 10.2. The number of nitrogens with zero attached hydrogens (tertiary/aromatic N) is 5. The van der Waals surface area contributed by atoms with E-state index in [1.807, 2.05) is 4.90 Å². The first-order chi connectivity index (χ1) is 15.0. The number of likely N-dealkylation sites (tertiary alicyclic amines) is 1. The van der Waals surface area contributed by atoms with Gasteiger partial charge in [-0.2, -0.15) is 12.6 Å². The van der Waals surface area contributed by atoms with Crippen molar-refractivity contribution in [1.82, 2.24) is 25.1 Å². The number of thiol groups is 1. The lowest BCUT2D eigenvalue weighted by molar-refractivity contribution is -0.141. The summed E-state index contributed by atoms with van der Waals surface area (Å²) in [6.45, 7) is 0.939. The van der Waals surface area contributed by atoms with Crippen LogP contribution in [0.3, 0.4) is 0 Å². The summed E-state index contributed by atoms with van der Waals surface area (Å²) in [6, 6.07) is 5.83. The Morgan fingerprint density at radius 1 is 1.31 bits per heavy atom. The second-order valence-corrected chi connectivity index (χ2v) is 8.49. The van der Waals surface area contributed by atoms with Gasteiger partial charge in [-0.15, -0.1) is 17.5 Å². The van der Waals surface area contributed by atoms with Crippen LogP contribution in [0.15, 0.2) is 29.8 Å². The van der Waals surface area contributed by atoms with Crippen LogP contribution in [-0.2, 0) is 20.9 Å². The number of halogens is 2. The van der Waals surface area contributed by atoms with Gasteiger partial charge in [0.15, 0.2) is 11.6 Å². The predicted molar refractivity (Wildman–Crippen MR) is 121 cm³/mol. The van der Waals surface area contributed by atoms with Gasteiger partial charge in [-0.25, -0.2) is 9.07 Å². The molecule has 11 heteroatoms. The number of ether oxygens (including phenoxy) is 1. The molecule has 0 radical (unpaired) electrons. The molecule has 2 heterocycles. The van der Waals surface area contributed by atoms with Crippen molar-refractivity contribution >= 4 is 42.9 Å². The molecule has 1 aromatic carbocycles. The van der Waals surface area contributed by atoms with Gasteiger partial charge < -0.3 is 4.74 Å². The molecule has 1 saturated heterocycles. The van der Waals surface area contributed by atoms with E-state index < -0.39 is 12.0 Å². The van der Waals surface area contributed by atoms with Gasteiger partial charge in [-0.1, -0.05) is 18.2 Å². The zero-order valence-electron chi connectivity index (χ0n) is 17.6. The fourth-order valence-corrected chi connectivity index (χ4v) is 4.12. The molecular formula is C21H25ClFN5O3S. The summed E-state index contributed by atoms with van der Waals surface area (Å²) in [5.41, 5.74) is 1.31.